The van der Waals surface area contributed by atoms with Gasteiger partial charge in [0.15, 0.2) is 5.96 Å². The number of carbonyl (C=O) groups excluding carboxylic acids is 1. The van der Waals surface area contributed by atoms with E-state index in [1.165, 1.54) is 5.56 Å². The summed E-state index contributed by atoms with van der Waals surface area (Å²) in [6.45, 7) is 8.72. The van der Waals surface area contributed by atoms with Gasteiger partial charge in [-0.1, -0.05) is 56.3 Å². The number of guanidine groups is 1. The third-order valence-corrected chi connectivity index (χ3v) is 5.70. The molecule has 1 aliphatic heterocycles. The Bertz CT molecular complexity index is 863. The molecule has 0 bridgehead atoms. The molecule has 1 heterocycles. The number of hydrogen-bond donors (Lipinski definition) is 3. The summed E-state index contributed by atoms with van der Waals surface area (Å²) in [6, 6.07) is 19.5. The van der Waals surface area contributed by atoms with Gasteiger partial charge in [-0.15, -0.1) is 0 Å². The molecule has 1 aliphatic rings. The van der Waals surface area contributed by atoms with Crippen molar-refractivity contribution in [1.82, 2.24) is 15.5 Å². The summed E-state index contributed by atoms with van der Waals surface area (Å²) in [7, 11) is 1.81. The summed E-state index contributed by atoms with van der Waals surface area (Å²) in [5, 5.41) is 9.89. The highest BCUT2D eigenvalue weighted by Crippen LogP contribution is 2.20. The highest BCUT2D eigenvalue weighted by atomic mass is 16.1. The average molecular weight is 422 g/mol. The van der Waals surface area contributed by atoms with Gasteiger partial charge in [-0.05, 0) is 36.6 Å². The van der Waals surface area contributed by atoms with Crippen molar-refractivity contribution < 1.29 is 4.79 Å². The number of likely N-dealkylation sites (tertiary alicyclic amines) is 1. The van der Waals surface area contributed by atoms with Crippen molar-refractivity contribution in [2.45, 2.75) is 52.4 Å². The maximum atomic E-state index is 11.8. The fourth-order valence-corrected chi connectivity index (χ4v) is 3.81. The maximum absolute atomic E-state index is 11.8. The molecule has 166 valence electrons. The molecule has 3 N–H and O–H groups in total. The van der Waals surface area contributed by atoms with Gasteiger partial charge in [0.2, 0.25) is 5.91 Å². The van der Waals surface area contributed by atoms with Gasteiger partial charge in [-0.2, -0.15) is 0 Å². The van der Waals surface area contributed by atoms with Gasteiger partial charge >= 0.3 is 0 Å². The summed E-state index contributed by atoms with van der Waals surface area (Å²) in [5.74, 6) is 0.816. The van der Waals surface area contributed by atoms with E-state index in [2.05, 4.69) is 63.1 Å². The van der Waals surface area contributed by atoms with Crippen LogP contribution < -0.4 is 16.0 Å². The molecule has 2 aromatic carbocycles. The van der Waals surface area contributed by atoms with Gasteiger partial charge in [-0.25, -0.2) is 0 Å². The zero-order chi connectivity index (χ0) is 22.2. The van der Waals surface area contributed by atoms with Crippen molar-refractivity contribution in [3.8, 4) is 0 Å². The molecular weight excluding hydrogens is 386 g/mol. The van der Waals surface area contributed by atoms with Gasteiger partial charge in [0.1, 0.15) is 0 Å². The van der Waals surface area contributed by atoms with Gasteiger partial charge in [0.05, 0.1) is 0 Å². The highest BCUT2D eigenvalue weighted by Gasteiger charge is 2.29. The van der Waals surface area contributed by atoms with Crippen LogP contribution in [0.3, 0.4) is 0 Å². The minimum absolute atomic E-state index is 0.0299. The van der Waals surface area contributed by atoms with Crippen molar-refractivity contribution in [2.24, 2.45) is 10.9 Å². The number of nitrogens with one attached hydrogen (secondary N) is 3. The van der Waals surface area contributed by atoms with Crippen LogP contribution in [-0.4, -0.2) is 42.4 Å². The van der Waals surface area contributed by atoms with Crippen molar-refractivity contribution in [2.75, 3.05) is 18.9 Å². The number of rotatable bonds is 7. The molecule has 2 aromatic rings. The highest BCUT2D eigenvalue weighted by molar-refractivity contribution is 5.92. The molecule has 2 atom stereocenters. The zero-order valence-electron chi connectivity index (χ0n) is 19.1. The summed E-state index contributed by atoms with van der Waals surface area (Å²) in [6.07, 6.45) is 1.10. The Morgan fingerprint density at radius 2 is 1.81 bits per heavy atom. The number of nitrogens with zero attached hydrogens (tertiary/aromatic N) is 2. The number of carbonyl (C=O) groups is 1. The number of amides is 1. The lowest BCUT2D eigenvalue weighted by molar-refractivity contribution is -0.118. The lowest BCUT2D eigenvalue weighted by Crippen LogP contribution is -2.44. The number of hydrogen-bond acceptors (Lipinski definition) is 3. The van der Waals surface area contributed by atoms with Gasteiger partial charge in [-0.3, -0.25) is 14.7 Å². The van der Waals surface area contributed by atoms with Crippen LogP contribution in [0.25, 0.3) is 0 Å². The molecule has 0 spiro atoms. The lowest BCUT2D eigenvalue weighted by atomic mass is 10.1. The molecule has 6 heteroatoms. The molecule has 3 rings (SSSR count). The molecule has 6 nitrogen and oxygen atoms in total. The van der Waals surface area contributed by atoms with Crippen LogP contribution >= 0.6 is 0 Å². The second kappa shape index (κ2) is 11.0. The summed E-state index contributed by atoms with van der Waals surface area (Å²) in [4.78, 5) is 18.7. The van der Waals surface area contributed by atoms with E-state index >= 15 is 0 Å². The minimum atomic E-state index is -0.0299. The Kier molecular flexibility index (Phi) is 8.06. The lowest BCUT2D eigenvalue weighted by Gasteiger charge is -2.21. The van der Waals surface area contributed by atoms with Crippen LogP contribution in [0, 0.1) is 5.92 Å². The quantitative estimate of drug-likeness (QED) is 0.472. The Morgan fingerprint density at radius 3 is 2.45 bits per heavy atom. The van der Waals surface area contributed by atoms with Gasteiger partial charge in [0, 0.05) is 50.4 Å². The Morgan fingerprint density at radius 1 is 1.10 bits per heavy atom. The average Bonchev–Trinajstić information content (AvgIpc) is 3.11. The third kappa shape index (κ3) is 6.82. The molecule has 2 unspecified atom stereocenters. The maximum Gasteiger partial charge on any atom is 0.226 e. The van der Waals surface area contributed by atoms with E-state index in [4.69, 9.17) is 0 Å². The van der Waals surface area contributed by atoms with E-state index < -0.39 is 0 Å². The molecule has 1 amide bonds. The van der Waals surface area contributed by atoms with E-state index in [0.717, 1.165) is 36.7 Å². The molecule has 0 aromatic heterocycles. The number of aliphatic imine (C=N–C) groups is 1. The first kappa shape index (κ1) is 22.8. The first-order valence-electron chi connectivity index (χ1n) is 11.1. The first-order chi connectivity index (χ1) is 14.9. The van der Waals surface area contributed by atoms with Crippen LogP contribution in [0.5, 0.6) is 0 Å². The van der Waals surface area contributed by atoms with Crippen LogP contribution in [0.2, 0.25) is 0 Å². The van der Waals surface area contributed by atoms with E-state index in [1.807, 2.05) is 38.1 Å². The topological polar surface area (TPSA) is 68.8 Å². The number of anilines is 1. The van der Waals surface area contributed by atoms with Crippen LogP contribution in [0.4, 0.5) is 5.69 Å². The van der Waals surface area contributed by atoms with E-state index in [0.29, 0.717) is 18.6 Å². The molecule has 1 fully saturated rings. The van der Waals surface area contributed by atoms with Crippen LogP contribution in [0.15, 0.2) is 59.6 Å². The molecular formula is C25H35N5O. The third-order valence-electron chi connectivity index (χ3n) is 5.70. The Hall–Kier alpha value is -2.86. The predicted molar refractivity (Wildman–Crippen MR) is 128 cm³/mol. The second-order valence-corrected chi connectivity index (χ2v) is 8.61. The fourth-order valence-electron chi connectivity index (χ4n) is 3.81. The van der Waals surface area contributed by atoms with E-state index in [-0.39, 0.29) is 11.8 Å². The van der Waals surface area contributed by atoms with Crippen LogP contribution in [-0.2, 0) is 17.9 Å². The van der Waals surface area contributed by atoms with Gasteiger partial charge < -0.3 is 16.0 Å². The summed E-state index contributed by atoms with van der Waals surface area (Å²) < 4.78 is 0. The molecule has 1 saturated heterocycles. The Labute approximate surface area is 186 Å². The first-order valence-corrected chi connectivity index (χ1v) is 11.1. The SMILES string of the molecule is CN=C(NCc1ccc(NC(=O)C(C)C)cc1)NC1CC(C)N(Cc2ccccc2)C1. The molecule has 0 aliphatic carbocycles. The van der Waals surface area contributed by atoms with Crippen molar-refractivity contribution >= 4 is 17.6 Å². The summed E-state index contributed by atoms with van der Waals surface area (Å²) >= 11 is 0. The minimum Gasteiger partial charge on any atom is -0.352 e. The van der Waals surface area contributed by atoms with Crippen molar-refractivity contribution in [1.29, 1.82) is 0 Å². The fraction of sp³-hybridized carbons (Fsp3) is 0.440. The monoisotopic (exact) mass is 421 g/mol. The van der Waals surface area contributed by atoms with E-state index in [9.17, 15) is 4.79 Å². The second-order valence-electron chi connectivity index (χ2n) is 8.61. The van der Waals surface area contributed by atoms with Gasteiger partial charge in [0.25, 0.3) is 0 Å². The molecule has 0 radical (unpaired) electrons. The smallest absolute Gasteiger partial charge is 0.226 e. The zero-order valence-corrected chi connectivity index (χ0v) is 19.1. The molecule has 31 heavy (non-hydrogen) atoms. The Balaban J connectivity index is 1.47. The van der Waals surface area contributed by atoms with Crippen molar-refractivity contribution in [3.63, 3.8) is 0 Å². The van der Waals surface area contributed by atoms with Crippen molar-refractivity contribution in [3.05, 3.63) is 65.7 Å². The predicted octanol–water partition coefficient (Wildman–Crippen LogP) is 3.61. The molecule has 0 saturated carbocycles. The van der Waals surface area contributed by atoms with Crippen LogP contribution in [0.1, 0.15) is 38.3 Å². The standard InChI is InChI=1S/C25H35N5O/c1-18(2)24(31)28-22-12-10-20(11-13-22)15-27-25(26-4)29-23-14-19(3)30(17-23)16-21-8-6-5-7-9-21/h5-13,18-19,23H,14-17H2,1-4H3,(H,28,31)(H2,26,27,29). The largest absolute Gasteiger partial charge is 0.352 e. The summed E-state index contributed by atoms with van der Waals surface area (Å²) in [5.41, 5.74) is 3.31. The van der Waals surface area contributed by atoms with E-state index in [1.54, 1.807) is 7.05 Å². The number of benzene rings is 2. The normalized spacial score (nSPS) is 19.5.